The fourth-order valence-corrected chi connectivity index (χ4v) is 1.99. The van der Waals surface area contributed by atoms with Crippen molar-refractivity contribution in [3.05, 3.63) is 64.4 Å². The molecule has 0 aliphatic rings. The number of ether oxygens (including phenoxy) is 1. The van der Waals surface area contributed by atoms with Crippen molar-refractivity contribution in [3.8, 4) is 0 Å². The fraction of sp³-hybridized carbons (Fsp3) is 0.133. The lowest BCUT2D eigenvalue weighted by Gasteiger charge is -2.11. The van der Waals surface area contributed by atoms with Crippen LogP contribution in [0, 0.1) is 5.82 Å². The van der Waals surface area contributed by atoms with Crippen molar-refractivity contribution in [2.75, 3.05) is 12.4 Å². The van der Waals surface area contributed by atoms with E-state index in [1.54, 1.807) is 6.07 Å². The Morgan fingerprint density at radius 2 is 2.05 bits per heavy atom. The van der Waals surface area contributed by atoms with Crippen LogP contribution >= 0.6 is 11.6 Å². The number of hydrogen-bond acceptors (Lipinski definition) is 3. The molecule has 0 heterocycles. The number of nitrogens with one attached hydrogen (secondary N) is 1. The molecule has 0 bridgehead atoms. The van der Waals surface area contributed by atoms with Crippen LogP contribution < -0.4 is 5.32 Å². The monoisotopic (exact) mass is 293 g/mol. The Morgan fingerprint density at radius 3 is 2.75 bits per heavy atom. The Kier molecular flexibility index (Phi) is 4.58. The minimum atomic E-state index is -0.522. The van der Waals surface area contributed by atoms with Gasteiger partial charge in [0, 0.05) is 11.6 Å². The Labute approximate surface area is 121 Å². The van der Waals surface area contributed by atoms with E-state index in [0.717, 1.165) is 5.56 Å². The molecule has 2 aromatic rings. The Morgan fingerprint density at radius 1 is 1.30 bits per heavy atom. The van der Waals surface area contributed by atoms with Crippen molar-refractivity contribution in [1.29, 1.82) is 0 Å². The Balaban J connectivity index is 2.22. The van der Waals surface area contributed by atoms with Gasteiger partial charge in [-0.3, -0.25) is 0 Å². The summed E-state index contributed by atoms with van der Waals surface area (Å²) in [6.45, 7) is 0.382. The van der Waals surface area contributed by atoms with Crippen LogP contribution in [0.4, 0.5) is 10.1 Å². The molecule has 0 aliphatic carbocycles. The van der Waals surface area contributed by atoms with Gasteiger partial charge in [-0.2, -0.15) is 0 Å². The molecule has 0 amide bonds. The maximum Gasteiger partial charge on any atom is 0.339 e. The van der Waals surface area contributed by atoms with Crippen molar-refractivity contribution in [2.24, 2.45) is 0 Å². The molecule has 0 saturated heterocycles. The predicted molar refractivity (Wildman–Crippen MR) is 76.5 cm³/mol. The smallest absolute Gasteiger partial charge is 0.339 e. The topological polar surface area (TPSA) is 38.3 Å². The minimum absolute atomic E-state index is 0.279. The van der Waals surface area contributed by atoms with Crippen LogP contribution in [0.15, 0.2) is 42.5 Å². The highest BCUT2D eigenvalue weighted by atomic mass is 35.5. The molecule has 20 heavy (non-hydrogen) atoms. The summed E-state index contributed by atoms with van der Waals surface area (Å²) < 4.78 is 18.0. The second-order valence-electron chi connectivity index (χ2n) is 4.13. The van der Waals surface area contributed by atoms with Gasteiger partial charge < -0.3 is 10.1 Å². The van der Waals surface area contributed by atoms with Crippen LogP contribution in [0.3, 0.4) is 0 Å². The molecule has 0 fully saturated rings. The number of benzene rings is 2. The molecule has 104 valence electrons. The number of esters is 1. The van der Waals surface area contributed by atoms with E-state index in [9.17, 15) is 9.18 Å². The summed E-state index contributed by atoms with van der Waals surface area (Å²) in [7, 11) is 1.28. The van der Waals surface area contributed by atoms with Crippen molar-refractivity contribution in [3.63, 3.8) is 0 Å². The molecule has 2 aromatic carbocycles. The van der Waals surface area contributed by atoms with E-state index < -0.39 is 11.8 Å². The molecule has 3 nitrogen and oxygen atoms in total. The first kappa shape index (κ1) is 14.3. The summed E-state index contributed by atoms with van der Waals surface area (Å²) in [5.74, 6) is -0.953. The van der Waals surface area contributed by atoms with E-state index in [4.69, 9.17) is 11.6 Å². The number of rotatable bonds is 4. The molecular weight excluding hydrogens is 281 g/mol. The normalized spacial score (nSPS) is 10.2. The summed E-state index contributed by atoms with van der Waals surface area (Å²) >= 11 is 6.05. The average Bonchev–Trinajstić information content (AvgIpc) is 2.46. The number of carbonyl (C=O) groups is 1. The van der Waals surface area contributed by atoms with Gasteiger partial charge in [-0.15, -0.1) is 0 Å². The second-order valence-corrected chi connectivity index (χ2v) is 4.53. The van der Waals surface area contributed by atoms with E-state index in [-0.39, 0.29) is 5.56 Å². The molecule has 0 atom stereocenters. The zero-order valence-electron chi connectivity index (χ0n) is 10.8. The average molecular weight is 294 g/mol. The van der Waals surface area contributed by atoms with Crippen LogP contribution in [0.25, 0.3) is 0 Å². The quantitative estimate of drug-likeness (QED) is 0.870. The molecule has 0 aliphatic heterocycles. The number of methoxy groups -OCH3 is 1. The third kappa shape index (κ3) is 3.27. The van der Waals surface area contributed by atoms with Gasteiger partial charge in [-0.25, -0.2) is 9.18 Å². The lowest BCUT2D eigenvalue weighted by molar-refractivity contribution is 0.0602. The van der Waals surface area contributed by atoms with Gasteiger partial charge >= 0.3 is 5.97 Å². The molecule has 5 heteroatoms. The van der Waals surface area contributed by atoms with Crippen LogP contribution in [-0.2, 0) is 11.3 Å². The van der Waals surface area contributed by atoms with Crippen LogP contribution in [0.2, 0.25) is 5.02 Å². The van der Waals surface area contributed by atoms with Crippen molar-refractivity contribution in [1.82, 2.24) is 0 Å². The van der Waals surface area contributed by atoms with Crippen LogP contribution in [0.5, 0.6) is 0 Å². The molecular formula is C15H13ClFNO2. The zero-order valence-corrected chi connectivity index (χ0v) is 11.6. The SMILES string of the molecule is COC(=O)c1ccc(F)cc1NCc1ccccc1Cl. The Hall–Kier alpha value is -2.07. The largest absolute Gasteiger partial charge is 0.465 e. The van der Waals surface area contributed by atoms with Crippen molar-refractivity contribution >= 4 is 23.3 Å². The van der Waals surface area contributed by atoms with E-state index >= 15 is 0 Å². The molecule has 0 spiro atoms. The summed E-state index contributed by atoms with van der Waals surface area (Å²) in [5.41, 5.74) is 1.51. The van der Waals surface area contributed by atoms with Gasteiger partial charge in [0.25, 0.3) is 0 Å². The van der Waals surface area contributed by atoms with Gasteiger partial charge in [0.2, 0.25) is 0 Å². The first-order valence-electron chi connectivity index (χ1n) is 5.97. The van der Waals surface area contributed by atoms with Crippen molar-refractivity contribution in [2.45, 2.75) is 6.54 Å². The van der Waals surface area contributed by atoms with Gasteiger partial charge in [0.15, 0.2) is 0 Å². The number of halogens is 2. The number of anilines is 1. The second kappa shape index (κ2) is 6.39. The highest BCUT2D eigenvalue weighted by Gasteiger charge is 2.12. The molecule has 1 N–H and O–H groups in total. The van der Waals surface area contributed by atoms with E-state index in [1.165, 1.54) is 25.3 Å². The first-order chi connectivity index (χ1) is 9.61. The first-order valence-corrected chi connectivity index (χ1v) is 6.34. The maximum absolute atomic E-state index is 13.3. The Bertz CT molecular complexity index is 631. The lowest BCUT2D eigenvalue weighted by Crippen LogP contribution is -2.09. The summed E-state index contributed by atoms with van der Waals surface area (Å²) in [6, 6.07) is 11.2. The van der Waals surface area contributed by atoms with Crippen LogP contribution in [-0.4, -0.2) is 13.1 Å². The van der Waals surface area contributed by atoms with E-state index in [1.807, 2.05) is 18.2 Å². The van der Waals surface area contributed by atoms with Crippen LogP contribution in [0.1, 0.15) is 15.9 Å². The molecule has 0 unspecified atom stereocenters. The molecule has 0 radical (unpaired) electrons. The van der Waals surface area contributed by atoms with Gasteiger partial charge in [-0.05, 0) is 29.8 Å². The molecule has 0 aromatic heterocycles. The maximum atomic E-state index is 13.3. The summed E-state index contributed by atoms with van der Waals surface area (Å²) in [5, 5.41) is 3.61. The van der Waals surface area contributed by atoms with E-state index in [2.05, 4.69) is 10.1 Å². The van der Waals surface area contributed by atoms with Gasteiger partial charge in [0.1, 0.15) is 5.82 Å². The molecule has 2 rings (SSSR count). The van der Waals surface area contributed by atoms with Gasteiger partial charge in [-0.1, -0.05) is 29.8 Å². The highest BCUT2D eigenvalue weighted by Crippen LogP contribution is 2.21. The standard InChI is InChI=1S/C15H13ClFNO2/c1-20-15(19)12-7-6-11(17)8-14(12)18-9-10-4-2-3-5-13(10)16/h2-8,18H,9H2,1H3. The summed E-state index contributed by atoms with van der Waals surface area (Å²) in [4.78, 5) is 11.6. The third-order valence-corrected chi connectivity index (χ3v) is 3.18. The van der Waals surface area contributed by atoms with Crippen molar-refractivity contribution < 1.29 is 13.9 Å². The zero-order chi connectivity index (χ0) is 14.5. The highest BCUT2D eigenvalue weighted by molar-refractivity contribution is 6.31. The number of carbonyl (C=O) groups excluding carboxylic acids is 1. The summed E-state index contributed by atoms with van der Waals surface area (Å²) in [6.07, 6.45) is 0. The predicted octanol–water partition coefficient (Wildman–Crippen LogP) is 3.88. The number of hydrogen-bond donors (Lipinski definition) is 1. The lowest BCUT2D eigenvalue weighted by atomic mass is 10.1. The fourth-order valence-electron chi connectivity index (χ4n) is 1.78. The van der Waals surface area contributed by atoms with Gasteiger partial charge in [0.05, 0.1) is 18.4 Å². The van der Waals surface area contributed by atoms with E-state index in [0.29, 0.717) is 17.3 Å². The minimum Gasteiger partial charge on any atom is -0.465 e. The third-order valence-electron chi connectivity index (χ3n) is 2.81. The molecule has 0 saturated carbocycles.